The van der Waals surface area contributed by atoms with Crippen LogP contribution in [-0.4, -0.2) is 49.8 Å². The zero-order valence-corrected chi connectivity index (χ0v) is 14.0. The quantitative estimate of drug-likeness (QED) is 0.815. The van der Waals surface area contributed by atoms with Crippen molar-refractivity contribution in [1.29, 1.82) is 0 Å². The van der Waals surface area contributed by atoms with Crippen molar-refractivity contribution in [2.24, 2.45) is 11.8 Å². The number of nitrogens with one attached hydrogen (secondary N) is 1. The highest BCUT2D eigenvalue weighted by atomic mass is 16.5. The van der Waals surface area contributed by atoms with Gasteiger partial charge in [-0.05, 0) is 76.8 Å². The Balaban J connectivity index is 1.58. The third-order valence-corrected chi connectivity index (χ3v) is 6.29. The molecule has 2 bridgehead atoms. The van der Waals surface area contributed by atoms with Gasteiger partial charge in [0.05, 0.1) is 0 Å². The van der Waals surface area contributed by atoms with Crippen LogP contribution in [0.1, 0.15) is 58.3 Å². The van der Waals surface area contributed by atoms with Gasteiger partial charge in [-0.2, -0.15) is 0 Å². The predicted octanol–water partition coefficient (Wildman–Crippen LogP) is 3.04. The summed E-state index contributed by atoms with van der Waals surface area (Å²) in [6.07, 6.45) is 10.9. The van der Waals surface area contributed by atoms with Crippen molar-refractivity contribution in [2.45, 2.75) is 76.4 Å². The second kappa shape index (κ2) is 7.43. The van der Waals surface area contributed by atoms with Gasteiger partial charge in [0.1, 0.15) is 0 Å². The number of piperidine rings is 1. The van der Waals surface area contributed by atoms with E-state index in [2.05, 4.69) is 24.2 Å². The summed E-state index contributed by atoms with van der Waals surface area (Å²) < 4.78 is 5.54. The van der Waals surface area contributed by atoms with E-state index in [-0.39, 0.29) is 0 Å². The Kier molecular flexibility index (Phi) is 5.58. The average molecular weight is 294 g/mol. The molecule has 0 aromatic heterocycles. The van der Waals surface area contributed by atoms with Gasteiger partial charge in [-0.15, -0.1) is 0 Å². The van der Waals surface area contributed by atoms with E-state index in [9.17, 15) is 0 Å². The first-order chi connectivity index (χ1) is 10.3. The van der Waals surface area contributed by atoms with Gasteiger partial charge in [0.2, 0.25) is 0 Å². The molecule has 3 rings (SSSR count). The normalized spacial score (nSPS) is 36.0. The van der Waals surface area contributed by atoms with Crippen LogP contribution in [-0.2, 0) is 4.74 Å². The molecule has 1 N–H and O–H groups in total. The monoisotopic (exact) mass is 294 g/mol. The molecule has 3 aliphatic rings. The molecule has 3 saturated heterocycles. The molecule has 122 valence electrons. The summed E-state index contributed by atoms with van der Waals surface area (Å²) >= 11 is 0. The molecule has 21 heavy (non-hydrogen) atoms. The van der Waals surface area contributed by atoms with Gasteiger partial charge < -0.3 is 15.0 Å². The van der Waals surface area contributed by atoms with E-state index in [0.29, 0.717) is 0 Å². The summed E-state index contributed by atoms with van der Waals surface area (Å²) in [5.41, 5.74) is 0. The van der Waals surface area contributed by atoms with Gasteiger partial charge in [0, 0.05) is 31.3 Å². The Hall–Kier alpha value is -0.120. The van der Waals surface area contributed by atoms with E-state index in [1.807, 2.05) is 0 Å². The Morgan fingerprint density at radius 1 is 1.10 bits per heavy atom. The lowest BCUT2D eigenvalue weighted by Crippen LogP contribution is -2.48. The third-order valence-electron chi connectivity index (χ3n) is 6.29. The minimum absolute atomic E-state index is 0.754. The van der Waals surface area contributed by atoms with Crippen LogP contribution in [0.4, 0.5) is 0 Å². The van der Waals surface area contributed by atoms with Gasteiger partial charge >= 0.3 is 0 Å². The molecule has 3 nitrogen and oxygen atoms in total. The molecule has 0 radical (unpaired) electrons. The topological polar surface area (TPSA) is 24.5 Å². The lowest BCUT2D eigenvalue weighted by atomic mass is 9.79. The molecule has 0 saturated carbocycles. The van der Waals surface area contributed by atoms with Gasteiger partial charge in [0.15, 0.2) is 0 Å². The van der Waals surface area contributed by atoms with Crippen molar-refractivity contribution in [3.05, 3.63) is 0 Å². The van der Waals surface area contributed by atoms with Crippen LogP contribution in [0.15, 0.2) is 0 Å². The number of rotatable bonds is 6. The summed E-state index contributed by atoms with van der Waals surface area (Å²) in [6.45, 7) is 5.46. The molecule has 3 aliphatic heterocycles. The number of hydrogen-bond donors (Lipinski definition) is 1. The van der Waals surface area contributed by atoms with Crippen molar-refractivity contribution in [3.63, 3.8) is 0 Å². The van der Waals surface area contributed by atoms with Crippen LogP contribution in [0.25, 0.3) is 0 Å². The lowest BCUT2D eigenvalue weighted by molar-refractivity contribution is 0.0505. The second-order valence-corrected chi connectivity index (χ2v) is 7.63. The van der Waals surface area contributed by atoms with Crippen molar-refractivity contribution >= 4 is 0 Å². The van der Waals surface area contributed by atoms with Crippen molar-refractivity contribution in [3.8, 4) is 0 Å². The average Bonchev–Trinajstić information content (AvgIpc) is 2.74. The van der Waals surface area contributed by atoms with E-state index in [4.69, 9.17) is 4.74 Å². The second-order valence-electron chi connectivity index (χ2n) is 7.63. The number of ether oxygens (including phenoxy) is 1. The molecule has 0 spiro atoms. The number of hydrogen-bond acceptors (Lipinski definition) is 3. The molecule has 3 heteroatoms. The summed E-state index contributed by atoms with van der Waals surface area (Å²) in [7, 11) is 2.35. The van der Waals surface area contributed by atoms with Crippen LogP contribution < -0.4 is 5.32 Å². The minimum Gasteiger partial charge on any atom is -0.381 e. The molecule has 3 heterocycles. The molecular formula is C18H34N2O. The fraction of sp³-hybridized carbons (Fsp3) is 1.00. The number of nitrogens with zero attached hydrogens (tertiary/aromatic N) is 1. The van der Waals surface area contributed by atoms with Crippen LogP contribution in [0, 0.1) is 11.8 Å². The van der Waals surface area contributed by atoms with E-state index >= 15 is 0 Å². The van der Waals surface area contributed by atoms with E-state index < -0.39 is 0 Å². The summed E-state index contributed by atoms with van der Waals surface area (Å²) in [6, 6.07) is 2.49. The first kappa shape index (κ1) is 15.8. The van der Waals surface area contributed by atoms with Crippen molar-refractivity contribution in [2.75, 3.05) is 26.8 Å². The highest BCUT2D eigenvalue weighted by molar-refractivity contribution is 4.97. The first-order valence-corrected chi connectivity index (χ1v) is 9.31. The largest absolute Gasteiger partial charge is 0.381 e. The molecule has 0 aromatic rings. The zero-order chi connectivity index (χ0) is 14.7. The van der Waals surface area contributed by atoms with Crippen LogP contribution >= 0.6 is 0 Å². The SMILES string of the molecule is CCCNC(CC1CCOCC1)C1CC2CCC(C1)N2C. The van der Waals surface area contributed by atoms with Crippen molar-refractivity contribution in [1.82, 2.24) is 10.2 Å². The highest BCUT2D eigenvalue weighted by Crippen LogP contribution is 2.40. The Morgan fingerprint density at radius 2 is 1.76 bits per heavy atom. The van der Waals surface area contributed by atoms with Gasteiger partial charge in [0.25, 0.3) is 0 Å². The fourth-order valence-corrected chi connectivity index (χ4v) is 4.90. The fourth-order valence-electron chi connectivity index (χ4n) is 4.90. The van der Waals surface area contributed by atoms with Crippen molar-refractivity contribution < 1.29 is 4.74 Å². The Morgan fingerprint density at radius 3 is 2.38 bits per heavy atom. The molecule has 0 amide bonds. The summed E-state index contributed by atoms with van der Waals surface area (Å²) in [4.78, 5) is 2.67. The van der Waals surface area contributed by atoms with Crippen LogP contribution in [0.5, 0.6) is 0 Å². The highest BCUT2D eigenvalue weighted by Gasteiger charge is 2.41. The first-order valence-electron chi connectivity index (χ1n) is 9.31. The molecule has 3 unspecified atom stereocenters. The smallest absolute Gasteiger partial charge is 0.0468 e. The maximum absolute atomic E-state index is 5.54. The number of fused-ring (bicyclic) bond motifs is 2. The van der Waals surface area contributed by atoms with Gasteiger partial charge in [-0.3, -0.25) is 0 Å². The van der Waals surface area contributed by atoms with Crippen LogP contribution in [0.3, 0.4) is 0 Å². The summed E-state index contributed by atoms with van der Waals surface area (Å²) in [5, 5.41) is 3.91. The maximum atomic E-state index is 5.54. The molecule has 0 aliphatic carbocycles. The third kappa shape index (κ3) is 3.80. The molecule has 0 aromatic carbocycles. The van der Waals surface area contributed by atoms with E-state index in [1.165, 1.54) is 57.9 Å². The molecule has 3 fully saturated rings. The zero-order valence-electron chi connectivity index (χ0n) is 14.0. The summed E-state index contributed by atoms with van der Waals surface area (Å²) in [5.74, 6) is 1.80. The Labute approximate surface area is 130 Å². The standard InChI is InChI=1S/C18H34N2O/c1-3-8-19-18(11-14-6-9-21-10-7-14)15-12-16-4-5-17(13-15)20(16)2/h14-19H,3-13H2,1-2H3. The maximum Gasteiger partial charge on any atom is 0.0468 e. The lowest BCUT2D eigenvalue weighted by Gasteiger charge is -2.41. The molecular weight excluding hydrogens is 260 g/mol. The predicted molar refractivity (Wildman–Crippen MR) is 87.5 cm³/mol. The van der Waals surface area contributed by atoms with Crippen LogP contribution in [0.2, 0.25) is 0 Å². The van der Waals surface area contributed by atoms with Gasteiger partial charge in [-0.1, -0.05) is 6.92 Å². The Bertz CT molecular complexity index is 302. The minimum atomic E-state index is 0.754. The van der Waals surface area contributed by atoms with E-state index in [0.717, 1.165) is 43.2 Å². The van der Waals surface area contributed by atoms with Gasteiger partial charge in [-0.25, -0.2) is 0 Å². The van der Waals surface area contributed by atoms with E-state index in [1.54, 1.807) is 0 Å². The molecule has 3 atom stereocenters.